The molecule has 1 aliphatic heterocycles. The molecule has 0 aliphatic carbocycles. The van der Waals surface area contributed by atoms with E-state index < -0.39 is 4.92 Å². The maximum Gasteiger partial charge on any atom is 0.287 e. The monoisotopic (exact) mass is 302 g/mol. The Hall–Kier alpha value is -2.70. The van der Waals surface area contributed by atoms with E-state index in [0.717, 1.165) is 6.42 Å². The predicted molar refractivity (Wildman–Crippen MR) is 83.5 cm³/mol. The lowest BCUT2D eigenvalue weighted by atomic mass is 10.2. The van der Waals surface area contributed by atoms with Gasteiger partial charge >= 0.3 is 0 Å². The summed E-state index contributed by atoms with van der Waals surface area (Å²) in [6.45, 7) is 3.17. The van der Waals surface area contributed by atoms with Crippen LogP contribution in [-0.4, -0.2) is 39.8 Å². The van der Waals surface area contributed by atoms with Gasteiger partial charge in [0.15, 0.2) is 0 Å². The minimum absolute atomic E-state index is 0.0148. The second-order valence-electron chi connectivity index (χ2n) is 4.96. The summed E-state index contributed by atoms with van der Waals surface area (Å²) in [5.41, 5.74) is -0.0390. The fourth-order valence-corrected chi connectivity index (χ4v) is 2.22. The van der Waals surface area contributed by atoms with Crippen LogP contribution in [0.1, 0.15) is 13.3 Å². The zero-order valence-corrected chi connectivity index (χ0v) is 12.3. The van der Waals surface area contributed by atoms with Gasteiger partial charge in [-0.05, 0) is 19.4 Å². The fourth-order valence-electron chi connectivity index (χ4n) is 2.22. The highest BCUT2D eigenvalue weighted by molar-refractivity contribution is 5.88. The number of nitro groups is 1. The van der Waals surface area contributed by atoms with Crippen LogP contribution in [0.4, 0.5) is 11.5 Å². The van der Waals surface area contributed by atoms with Crippen molar-refractivity contribution in [3.63, 3.8) is 0 Å². The zero-order chi connectivity index (χ0) is 15.9. The Morgan fingerprint density at radius 2 is 2.32 bits per heavy atom. The molecule has 1 aliphatic rings. The van der Waals surface area contributed by atoms with Gasteiger partial charge in [-0.15, -0.1) is 0 Å². The molecule has 1 N–H and O–H groups in total. The highest BCUT2D eigenvalue weighted by Crippen LogP contribution is 2.17. The van der Waals surface area contributed by atoms with Crippen LogP contribution in [0.3, 0.4) is 0 Å². The third-order valence-electron chi connectivity index (χ3n) is 3.35. The number of aromatic nitrogens is 1. The highest BCUT2D eigenvalue weighted by atomic mass is 16.6. The van der Waals surface area contributed by atoms with Crippen LogP contribution < -0.4 is 5.32 Å². The summed E-state index contributed by atoms with van der Waals surface area (Å²) >= 11 is 0. The van der Waals surface area contributed by atoms with Gasteiger partial charge in [0.25, 0.3) is 5.69 Å². The number of carbonyl (C=O) groups excluding carboxylic acids is 1. The standard InChI is InChI=1S/C15H18N4O3/c1-2-3-4-5-15(20)18-9-8-12(11-18)17-14-7-6-13(10-16-14)19(21)22/h2-7,10,12H,8-9,11H2,1H3,(H,16,17)/b3-2+,5-4+/t12-/m1/s1. The minimum Gasteiger partial charge on any atom is -0.365 e. The molecule has 0 bridgehead atoms. The van der Waals surface area contributed by atoms with Gasteiger partial charge in [-0.2, -0.15) is 0 Å². The maximum atomic E-state index is 11.9. The van der Waals surface area contributed by atoms with Crippen LogP contribution in [0.5, 0.6) is 0 Å². The van der Waals surface area contributed by atoms with Gasteiger partial charge in [-0.1, -0.05) is 18.2 Å². The molecular weight excluding hydrogens is 284 g/mol. The molecule has 2 heterocycles. The third-order valence-corrected chi connectivity index (χ3v) is 3.35. The summed E-state index contributed by atoms with van der Waals surface area (Å²) in [6, 6.07) is 3.09. The van der Waals surface area contributed by atoms with E-state index in [2.05, 4.69) is 10.3 Å². The number of nitrogens with zero attached hydrogens (tertiary/aromatic N) is 3. The predicted octanol–water partition coefficient (Wildman–Crippen LogP) is 2.13. The van der Waals surface area contributed by atoms with Crippen molar-refractivity contribution in [2.75, 3.05) is 18.4 Å². The van der Waals surface area contributed by atoms with Crippen LogP contribution >= 0.6 is 0 Å². The molecular formula is C15H18N4O3. The van der Waals surface area contributed by atoms with Crippen LogP contribution in [0.2, 0.25) is 0 Å². The normalized spacial score (nSPS) is 18.2. The maximum absolute atomic E-state index is 11.9. The molecule has 7 nitrogen and oxygen atoms in total. The number of anilines is 1. The van der Waals surface area contributed by atoms with Gasteiger partial charge in [0.05, 0.1) is 4.92 Å². The average Bonchev–Trinajstić information content (AvgIpc) is 2.96. The van der Waals surface area contributed by atoms with Gasteiger partial charge in [0.1, 0.15) is 12.0 Å². The molecule has 1 atom stereocenters. The number of amides is 1. The van der Waals surface area contributed by atoms with Gasteiger partial charge in [0.2, 0.25) is 5.91 Å². The van der Waals surface area contributed by atoms with E-state index in [1.54, 1.807) is 23.1 Å². The van der Waals surface area contributed by atoms with Crippen molar-refractivity contribution in [3.05, 3.63) is 52.7 Å². The van der Waals surface area contributed by atoms with Crippen molar-refractivity contribution in [2.24, 2.45) is 0 Å². The molecule has 116 valence electrons. The Labute approximate surface area is 128 Å². The second kappa shape index (κ2) is 7.35. The van der Waals surface area contributed by atoms with E-state index in [4.69, 9.17) is 0 Å². The Balaban J connectivity index is 1.88. The number of allylic oxidation sites excluding steroid dienone is 3. The van der Waals surface area contributed by atoms with Crippen LogP contribution in [0, 0.1) is 10.1 Å². The summed E-state index contributed by atoms with van der Waals surface area (Å²) in [5, 5.41) is 13.8. The molecule has 7 heteroatoms. The fraction of sp³-hybridized carbons (Fsp3) is 0.333. The van der Waals surface area contributed by atoms with Crippen LogP contribution in [0.15, 0.2) is 42.6 Å². The number of pyridine rings is 1. The first kappa shape index (κ1) is 15.7. The highest BCUT2D eigenvalue weighted by Gasteiger charge is 2.25. The van der Waals surface area contributed by atoms with E-state index in [0.29, 0.717) is 18.9 Å². The summed E-state index contributed by atoms with van der Waals surface area (Å²) in [6.07, 6.45) is 8.98. The third kappa shape index (κ3) is 4.15. The quantitative estimate of drug-likeness (QED) is 0.389. The molecule has 1 fully saturated rings. The summed E-state index contributed by atoms with van der Waals surface area (Å²) in [5.74, 6) is 0.563. The lowest BCUT2D eigenvalue weighted by molar-refractivity contribution is -0.385. The second-order valence-corrected chi connectivity index (χ2v) is 4.96. The van der Waals surface area contributed by atoms with Crippen molar-refractivity contribution in [2.45, 2.75) is 19.4 Å². The largest absolute Gasteiger partial charge is 0.365 e. The van der Waals surface area contributed by atoms with Crippen molar-refractivity contribution in [3.8, 4) is 0 Å². The van der Waals surface area contributed by atoms with Crippen LogP contribution in [0.25, 0.3) is 0 Å². The summed E-state index contributed by atoms with van der Waals surface area (Å²) in [7, 11) is 0. The molecule has 22 heavy (non-hydrogen) atoms. The molecule has 0 aromatic carbocycles. The lowest BCUT2D eigenvalue weighted by Crippen LogP contribution is -2.30. The minimum atomic E-state index is -0.482. The van der Waals surface area contributed by atoms with Gasteiger partial charge < -0.3 is 10.2 Å². The molecule has 1 saturated heterocycles. The number of carbonyl (C=O) groups is 1. The van der Waals surface area contributed by atoms with E-state index in [-0.39, 0.29) is 17.6 Å². The van der Waals surface area contributed by atoms with Crippen LogP contribution in [-0.2, 0) is 4.79 Å². The molecule has 1 aromatic rings. The first-order valence-corrected chi connectivity index (χ1v) is 7.05. The van der Waals surface area contributed by atoms with E-state index >= 15 is 0 Å². The van der Waals surface area contributed by atoms with Gasteiger partial charge in [0, 0.05) is 31.3 Å². The Kier molecular flexibility index (Phi) is 5.24. The molecule has 1 aromatic heterocycles. The van der Waals surface area contributed by atoms with Crippen molar-refractivity contribution >= 4 is 17.4 Å². The number of hydrogen-bond donors (Lipinski definition) is 1. The zero-order valence-electron chi connectivity index (χ0n) is 12.3. The first-order valence-electron chi connectivity index (χ1n) is 7.05. The molecule has 0 radical (unpaired) electrons. The molecule has 1 amide bonds. The molecule has 0 spiro atoms. The van der Waals surface area contributed by atoms with Gasteiger partial charge in [-0.3, -0.25) is 14.9 Å². The Morgan fingerprint density at radius 1 is 1.50 bits per heavy atom. The summed E-state index contributed by atoms with van der Waals surface area (Å²) < 4.78 is 0. The number of nitrogens with one attached hydrogen (secondary N) is 1. The molecule has 0 saturated carbocycles. The summed E-state index contributed by atoms with van der Waals surface area (Å²) in [4.78, 5) is 27.8. The molecule has 2 rings (SSSR count). The topological polar surface area (TPSA) is 88.4 Å². The first-order chi connectivity index (χ1) is 10.6. The average molecular weight is 302 g/mol. The number of rotatable bonds is 5. The Bertz CT molecular complexity index is 595. The van der Waals surface area contributed by atoms with Crippen molar-refractivity contribution in [1.29, 1.82) is 0 Å². The van der Waals surface area contributed by atoms with E-state index in [1.165, 1.54) is 12.3 Å². The van der Waals surface area contributed by atoms with Crippen molar-refractivity contribution in [1.82, 2.24) is 9.88 Å². The number of hydrogen-bond acceptors (Lipinski definition) is 5. The smallest absolute Gasteiger partial charge is 0.287 e. The Morgan fingerprint density at radius 3 is 2.95 bits per heavy atom. The van der Waals surface area contributed by atoms with E-state index in [9.17, 15) is 14.9 Å². The van der Waals surface area contributed by atoms with E-state index in [1.807, 2.05) is 19.1 Å². The van der Waals surface area contributed by atoms with Gasteiger partial charge in [-0.25, -0.2) is 4.98 Å². The lowest BCUT2D eigenvalue weighted by Gasteiger charge is -2.15. The molecule has 0 unspecified atom stereocenters. The number of likely N-dealkylation sites (tertiary alicyclic amines) is 1. The SMILES string of the molecule is C/C=C/C=C/C(=O)N1CC[C@@H](Nc2ccc([N+](=O)[O-])cn2)C1. The van der Waals surface area contributed by atoms with Crippen molar-refractivity contribution < 1.29 is 9.72 Å².